The molecule has 0 aliphatic carbocycles. The minimum Gasteiger partial charge on any atom is -0.383 e. The van der Waals surface area contributed by atoms with Crippen molar-refractivity contribution in [2.45, 2.75) is 44.6 Å². The van der Waals surface area contributed by atoms with E-state index in [0.29, 0.717) is 11.7 Å². The van der Waals surface area contributed by atoms with Crippen LogP contribution < -0.4 is 16.4 Å². The summed E-state index contributed by atoms with van der Waals surface area (Å²) in [6, 6.07) is 1.79. The molecule has 2 aliphatic rings. The highest BCUT2D eigenvalue weighted by Crippen LogP contribution is 2.29. The molecule has 9 nitrogen and oxygen atoms in total. The lowest BCUT2D eigenvalue weighted by molar-refractivity contribution is 0.213. The summed E-state index contributed by atoms with van der Waals surface area (Å²) in [5.74, 6) is 3.85. The topological polar surface area (TPSA) is 115 Å². The first-order valence-corrected chi connectivity index (χ1v) is 9.85. The first kappa shape index (κ1) is 18.0. The van der Waals surface area contributed by atoms with E-state index in [0.717, 1.165) is 63.0 Å². The molecular formula is C18H29N9. The van der Waals surface area contributed by atoms with E-state index < -0.39 is 0 Å². The van der Waals surface area contributed by atoms with Crippen LogP contribution in [0.3, 0.4) is 0 Å². The van der Waals surface area contributed by atoms with Gasteiger partial charge in [-0.2, -0.15) is 9.97 Å². The van der Waals surface area contributed by atoms with Crippen molar-refractivity contribution in [3.05, 3.63) is 17.7 Å². The Balaban J connectivity index is 1.48. The molecule has 2 saturated heterocycles. The van der Waals surface area contributed by atoms with E-state index in [-0.39, 0.29) is 5.95 Å². The summed E-state index contributed by atoms with van der Waals surface area (Å²) >= 11 is 0. The molecule has 4 rings (SSSR count). The second-order valence-electron chi connectivity index (χ2n) is 7.66. The molecule has 0 spiro atoms. The van der Waals surface area contributed by atoms with Gasteiger partial charge < -0.3 is 20.9 Å². The number of nitrogens with zero attached hydrogens (tertiary/aromatic N) is 7. The Morgan fingerprint density at radius 1 is 1.04 bits per heavy atom. The van der Waals surface area contributed by atoms with Crippen LogP contribution >= 0.6 is 0 Å². The minimum atomic E-state index is 0.217. The standard InChI is InChI=1S/C18H29N9/c1-25-16(12-26-7-3-2-4-8-26)23-24-17(25)13-6-5-9-27(11-13)15-10-14(19)21-18(20)22-15/h10,13H,2-9,11-12H2,1H3,(H4,19,20,21,22)/t13-/m1/s1. The molecule has 2 aromatic heterocycles. The molecule has 0 bridgehead atoms. The van der Waals surface area contributed by atoms with E-state index in [1.165, 1.54) is 19.3 Å². The lowest BCUT2D eigenvalue weighted by Crippen LogP contribution is -2.36. The normalized spacial score (nSPS) is 21.5. The minimum absolute atomic E-state index is 0.217. The maximum absolute atomic E-state index is 5.84. The van der Waals surface area contributed by atoms with Crippen molar-refractivity contribution in [1.29, 1.82) is 0 Å². The Bertz CT molecular complexity index is 761. The molecule has 0 unspecified atom stereocenters. The molecule has 4 N–H and O–H groups in total. The van der Waals surface area contributed by atoms with Gasteiger partial charge in [-0.25, -0.2) is 0 Å². The van der Waals surface area contributed by atoms with Gasteiger partial charge in [0.1, 0.15) is 23.3 Å². The first-order chi connectivity index (χ1) is 13.1. The van der Waals surface area contributed by atoms with Crippen LogP contribution in [0.1, 0.15) is 49.7 Å². The molecular weight excluding hydrogens is 342 g/mol. The Labute approximate surface area is 159 Å². The Kier molecular flexibility index (Phi) is 5.11. The quantitative estimate of drug-likeness (QED) is 0.822. The van der Waals surface area contributed by atoms with Crippen LogP contribution in [0.5, 0.6) is 0 Å². The van der Waals surface area contributed by atoms with Crippen molar-refractivity contribution >= 4 is 17.6 Å². The Hall–Kier alpha value is -2.42. The summed E-state index contributed by atoms with van der Waals surface area (Å²) in [6.45, 7) is 4.99. The summed E-state index contributed by atoms with van der Waals surface area (Å²) in [5, 5.41) is 9.04. The van der Waals surface area contributed by atoms with Gasteiger partial charge in [-0.1, -0.05) is 6.42 Å². The van der Waals surface area contributed by atoms with Crippen molar-refractivity contribution in [3.63, 3.8) is 0 Å². The van der Waals surface area contributed by atoms with E-state index in [4.69, 9.17) is 11.5 Å². The fourth-order valence-corrected chi connectivity index (χ4v) is 4.22. The van der Waals surface area contributed by atoms with E-state index in [2.05, 4.69) is 41.6 Å². The third-order valence-electron chi connectivity index (χ3n) is 5.67. The van der Waals surface area contributed by atoms with Gasteiger partial charge in [-0.15, -0.1) is 10.2 Å². The van der Waals surface area contributed by atoms with Gasteiger partial charge in [0.2, 0.25) is 5.95 Å². The van der Waals surface area contributed by atoms with Gasteiger partial charge >= 0.3 is 0 Å². The second kappa shape index (κ2) is 7.67. The zero-order chi connectivity index (χ0) is 18.8. The van der Waals surface area contributed by atoms with Crippen LogP contribution in [0.25, 0.3) is 0 Å². The van der Waals surface area contributed by atoms with Gasteiger partial charge in [0, 0.05) is 32.1 Å². The smallest absolute Gasteiger partial charge is 0.223 e. The van der Waals surface area contributed by atoms with Crippen molar-refractivity contribution in [2.24, 2.45) is 7.05 Å². The van der Waals surface area contributed by atoms with Crippen LogP contribution in [0.15, 0.2) is 6.07 Å². The van der Waals surface area contributed by atoms with Gasteiger partial charge in [0.05, 0.1) is 6.54 Å². The molecule has 2 aliphatic heterocycles. The fraction of sp³-hybridized carbons (Fsp3) is 0.667. The molecule has 2 aromatic rings. The molecule has 0 radical (unpaired) electrons. The number of rotatable bonds is 4. The van der Waals surface area contributed by atoms with E-state index in [9.17, 15) is 0 Å². The van der Waals surface area contributed by atoms with Crippen molar-refractivity contribution in [3.8, 4) is 0 Å². The van der Waals surface area contributed by atoms with Crippen molar-refractivity contribution < 1.29 is 0 Å². The Morgan fingerprint density at radius 2 is 1.85 bits per heavy atom. The van der Waals surface area contributed by atoms with Crippen LogP contribution in [-0.2, 0) is 13.6 Å². The molecule has 9 heteroatoms. The van der Waals surface area contributed by atoms with E-state index in [1.807, 2.05) is 0 Å². The first-order valence-electron chi connectivity index (χ1n) is 9.85. The van der Waals surface area contributed by atoms with E-state index >= 15 is 0 Å². The lowest BCUT2D eigenvalue weighted by atomic mass is 9.97. The molecule has 1 atom stereocenters. The number of aromatic nitrogens is 5. The average Bonchev–Trinajstić information content (AvgIpc) is 3.02. The number of piperidine rings is 2. The van der Waals surface area contributed by atoms with Gasteiger partial charge in [0.15, 0.2) is 0 Å². The van der Waals surface area contributed by atoms with Crippen LogP contribution in [0.2, 0.25) is 0 Å². The summed E-state index contributed by atoms with van der Waals surface area (Å²) in [7, 11) is 2.09. The molecule has 0 aromatic carbocycles. The van der Waals surface area contributed by atoms with Crippen molar-refractivity contribution in [2.75, 3.05) is 42.5 Å². The summed E-state index contributed by atoms with van der Waals surface area (Å²) in [4.78, 5) is 13.0. The average molecular weight is 371 g/mol. The highest BCUT2D eigenvalue weighted by molar-refractivity contribution is 5.50. The maximum Gasteiger partial charge on any atom is 0.223 e. The largest absolute Gasteiger partial charge is 0.383 e. The maximum atomic E-state index is 5.84. The number of nitrogens with two attached hydrogens (primary N) is 2. The monoisotopic (exact) mass is 371 g/mol. The highest BCUT2D eigenvalue weighted by atomic mass is 15.3. The third kappa shape index (κ3) is 3.97. The SMILES string of the molecule is Cn1c(CN2CCCCC2)nnc1[C@@H]1CCCN(c2cc(N)nc(N)n2)C1. The lowest BCUT2D eigenvalue weighted by Gasteiger charge is -2.33. The third-order valence-corrected chi connectivity index (χ3v) is 5.67. The van der Waals surface area contributed by atoms with Gasteiger partial charge in [-0.05, 0) is 38.8 Å². The fourth-order valence-electron chi connectivity index (χ4n) is 4.22. The summed E-state index contributed by atoms with van der Waals surface area (Å²) < 4.78 is 2.19. The van der Waals surface area contributed by atoms with Crippen LogP contribution in [-0.4, -0.2) is 55.8 Å². The zero-order valence-electron chi connectivity index (χ0n) is 16.0. The van der Waals surface area contributed by atoms with Gasteiger partial charge in [-0.3, -0.25) is 4.90 Å². The molecule has 0 saturated carbocycles. The number of hydrogen-bond donors (Lipinski definition) is 2. The van der Waals surface area contributed by atoms with Crippen LogP contribution in [0.4, 0.5) is 17.6 Å². The molecule has 146 valence electrons. The van der Waals surface area contributed by atoms with Crippen LogP contribution in [0, 0.1) is 0 Å². The predicted molar refractivity (Wildman–Crippen MR) is 105 cm³/mol. The second-order valence-corrected chi connectivity index (χ2v) is 7.66. The van der Waals surface area contributed by atoms with Gasteiger partial charge in [0.25, 0.3) is 0 Å². The molecule has 4 heterocycles. The van der Waals surface area contributed by atoms with E-state index in [1.54, 1.807) is 6.07 Å². The molecule has 27 heavy (non-hydrogen) atoms. The Morgan fingerprint density at radius 3 is 2.63 bits per heavy atom. The number of hydrogen-bond acceptors (Lipinski definition) is 8. The highest BCUT2D eigenvalue weighted by Gasteiger charge is 2.27. The molecule has 2 fully saturated rings. The summed E-state index contributed by atoms with van der Waals surface area (Å²) in [5.41, 5.74) is 11.6. The number of nitrogen functional groups attached to an aromatic ring is 2. The number of likely N-dealkylation sites (tertiary alicyclic amines) is 1. The zero-order valence-corrected chi connectivity index (χ0v) is 16.0. The summed E-state index contributed by atoms with van der Waals surface area (Å²) in [6.07, 6.45) is 6.09. The molecule has 0 amide bonds. The predicted octanol–water partition coefficient (Wildman–Crippen LogP) is 1.14. The number of anilines is 3. The van der Waals surface area contributed by atoms with Crippen molar-refractivity contribution in [1.82, 2.24) is 29.6 Å².